The maximum Gasteiger partial charge on any atom is 0.355 e. The number of carboxylic acids is 1. The van der Waals surface area contributed by atoms with Crippen LogP contribution in [0.1, 0.15) is 25.9 Å². The summed E-state index contributed by atoms with van der Waals surface area (Å²) in [5, 5.41) is 13.5. The molecule has 0 spiro atoms. The fourth-order valence-corrected chi connectivity index (χ4v) is 2.38. The van der Waals surface area contributed by atoms with Crippen molar-refractivity contribution in [3.8, 4) is 0 Å². The van der Waals surface area contributed by atoms with Crippen LogP contribution in [-0.2, 0) is 6.54 Å². The Kier molecular flexibility index (Phi) is 4.53. The molecule has 0 aliphatic carbocycles. The van der Waals surface area contributed by atoms with Crippen LogP contribution in [0.2, 0.25) is 10.2 Å². The minimum atomic E-state index is -1.11. The number of carboxylic acid groups (broad SMARTS) is 1. The van der Waals surface area contributed by atoms with Gasteiger partial charge < -0.3 is 10.4 Å². The third-order valence-corrected chi connectivity index (χ3v) is 3.59. The molecule has 0 atom stereocenters. The van der Waals surface area contributed by atoms with Crippen LogP contribution in [0.25, 0.3) is 0 Å². The van der Waals surface area contributed by atoms with Crippen LogP contribution in [0.5, 0.6) is 0 Å². The Bertz CT molecular complexity index is 675. The summed E-state index contributed by atoms with van der Waals surface area (Å²) in [6, 6.07) is 1.35. The highest BCUT2D eigenvalue weighted by Crippen LogP contribution is 2.18. The van der Waals surface area contributed by atoms with Crippen LogP contribution in [0.4, 0.5) is 0 Å². The van der Waals surface area contributed by atoms with Crippen LogP contribution in [0.3, 0.4) is 0 Å². The van der Waals surface area contributed by atoms with Gasteiger partial charge in [-0.05, 0) is 6.07 Å². The average molecular weight is 332 g/mol. The second-order valence-electron chi connectivity index (χ2n) is 3.60. The molecule has 0 aliphatic rings. The van der Waals surface area contributed by atoms with Crippen LogP contribution in [-0.4, -0.2) is 27.0 Å². The lowest BCUT2D eigenvalue weighted by Gasteiger charge is -2.05. The van der Waals surface area contributed by atoms with Crippen LogP contribution >= 0.6 is 34.5 Å². The minimum Gasteiger partial charge on any atom is -0.476 e. The van der Waals surface area contributed by atoms with Gasteiger partial charge in [-0.2, -0.15) is 0 Å². The minimum absolute atomic E-state index is 0.0516. The molecule has 0 radical (unpaired) electrons. The number of rotatable bonds is 4. The number of nitrogens with one attached hydrogen (secondary N) is 1. The predicted molar refractivity (Wildman–Crippen MR) is 74.5 cm³/mol. The van der Waals surface area contributed by atoms with Gasteiger partial charge in [0.25, 0.3) is 5.91 Å². The topological polar surface area (TPSA) is 92.2 Å². The highest BCUT2D eigenvalue weighted by molar-refractivity contribution is 7.09. The summed E-state index contributed by atoms with van der Waals surface area (Å²) in [5.74, 6) is -1.55. The molecule has 2 aromatic heterocycles. The zero-order chi connectivity index (χ0) is 14.7. The summed E-state index contributed by atoms with van der Waals surface area (Å²) < 4.78 is 0. The quantitative estimate of drug-likeness (QED) is 0.839. The van der Waals surface area contributed by atoms with Crippen molar-refractivity contribution in [3.63, 3.8) is 0 Å². The first kappa shape index (κ1) is 14.7. The van der Waals surface area contributed by atoms with E-state index in [1.807, 2.05) is 0 Å². The lowest BCUT2D eigenvalue weighted by Crippen LogP contribution is -2.23. The van der Waals surface area contributed by atoms with E-state index in [0.717, 1.165) is 11.3 Å². The molecule has 2 N–H and O–H groups in total. The average Bonchev–Trinajstić information content (AvgIpc) is 2.88. The summed E-state index contributed by atoms with van der Waals surface area (Å²) in [5.41, 5.74) is 0.144. The number of nitrogens with zero attached hydrogens (tertiary/aromatic N) is 2. The third-order valence-electron chi connectivity index (χ3n) is 2.24. The van der Waals surface area contributed by atoms with Gasteiger partial charge >= 0.3 is 5.97 Å². The molecule has 0 bridgehead atoms. The molecule has 2 aromatic rings. The summed E-state index contributed by atoms with van der Waals surface area (Å²) in [6.45, 7) is 0.104. The molecule has 0 saturated carbocycles. The SMILES string of the molecule is O=C(O)c1csc(CNC(=O)c2cc(Cl)ncc2Cl)n1. The van der Waals surface area contributed by atoms with Gasteiger partial charge in [-0.15, -0.1) is 11.3 Å². The van der Waals surface area contributed by atoms with Crippen molar-refractivity contribution >= 4 is 46.4 Å². The molecule has 0 saturated heterocycles. The normalized spacial score (nSPS) is 10.3. The second-order valence-corrected chi connectivity index (χ2v) is 5.34. The van der Waals surface area contributed by atoms with Gasteiger partial charge in [-0.1, -0.05) is 23.2 Å². The smallest absolute Gasteiger partial charge is 0.355 e. The van der Waals surface area contributed by atoms with E-state index < -0.39 is 11.9 Å². The molecule has 0 unspecified atom stereocenters. The summed E-state index contributed by atoms with van der Waals surface area (Å²) in [6.07, 6.45) is 1.28. The Morgan fingerprint density at radius 1 is 1.40 bits per heavy atom. The molecular formula is C11H7Cl2N3O3S. The molecule has 1 amide bonds. The monoisotopic (exact) mass is 331 g/mol. The summed E-state index contributed by atoms with van der Waals surface area (Å²) >= 11 is 12.7. The second kappa shape index (κ2) is 6.17. The lowest BCUT2D eigenvalue weighted by atomic mass is 10.2. The number of halogens is 2. The zero-order valence-corrected chi connectivity index (χ0v) is 12.1. The summed E-state index contributed by atoms with van der Waals surface area (Å²) in [4.78, 5) is 30.2. The number of carbonyl (C=O) groups is 2. The van der Waals surface area contributed by atoms with Crippen molar-refractivity contribution in [2.24, 2.45) is 0 Å². The lowest BCUT2D eigenvalue weighted by molar-refractivity contribution is 0.0691. The van der Waals surface area contributed by atoms with Crippen molar-refractivity contribution in [2.75, 3.05) is 0 Å². The zero-order valence-electron chi connectivity index (χ0n) is 9.76. The standard InChI is InChI=1S/C11H7Cl2N3O3S/c12-6-2-14-8(13)1-5(6)10(17)15-3-9-16-7(4-20-9)11(18)19/h1-2,4H,3H2,(H,15,17)(H,18,19). The number of amides is 1. The fourth-order valence-electron chi connectivity index (χ4n) is 1.33. The van der Waals surface area contributed by atoms with E-state index in [-0.39, 0.29) is 28.0 Å². The maximum atomic E-state index is 11.9. The van der Waals surface area contributed by atoms with E-state index in [1.54, 1.807) is 0 Å². The molecular weight excluding hydrogens is 325 g/mol. The molecule has 0 fully saturated rings. The molecule has 9 heteroatoms. The molecule has 0 aliphatic heterocycles. The highest BCUT2D eigenvalue weighted by atomic mass is 35.5. The molecule has 20 heavy (non-hydrogen) atoms. The largest absolute Gasteiger partial charge is 0.476 e. The molecule has 104 valence electrons. The Morgan fingerprint density at radius 3 is 2.80 bits per heavy atom. The van der Waals surface area contributed by atoms with Crippen molar-refractivity contribution in [3.05, 3.63) is 44.1 Å². The van der Waals surface area contributed by atoms with Crippen LogP contribution in [0, 0.1) is 0 Å². The van der Waals surface area contributed by atoms with Crippen molar-refractivity contribution in [1.29, 1.82) is 0 Å². The highest BCUT2D eigenvalue weighted by Gasteiger charge is 2.13. The summed E-state index contributed by atoms with van der Waals surface area (Å²) in [7, 11) is 0. The van der Waals surface area contributed by atoms with Gasteiger partial charge in [-0.25, -0.2) is 14.8 Å². The van der Waals surface area contributed by atoms with Gasteiger partial charge in [0, 0.05) is 11.6 Å². The van der Waals surface area contributed by atoms with E-state index in [2.05, 4.69) is 15.3 Å². The van der Waals surface area contributed by atoms with E-state index in [4.69, 9.17) is 28.3 Å². The van der Waals surface area contributed by atoms with E-state index in [1.165, 1.54) is 17.6 Å². The van der Waals surface area contributed by atoms with E-state index in [9.17, 15) is 9.59 Å². The number of carbonyl (C=O) groups excluding carboxylic acids is 1. The maximum absolute atomic E-state index is 11.9. The van der Waals surface area contributed by atoms with Crippen LogP contribution in [0.15, 0.2) is 17.6 Å². The first-order chi connectivity index (χ1) is 9.47. The Labute approximate surface area is 127 Å². The number of hydrogen-bond donors (Lipinski definition) is 2. The first-order valence-electron chi connectivity index (χ1n) is 5.24. The number of hydrogen-bond acceptors (Lipinski definition) is 5. The number of aromatic carboxylic acids is 1. The Balaban J connectivity index is 2.04. The van der Waals surface area contributed by atoms with Gasteiger partial charge in [-0.3, -0.25) is 4.79 Å². The number of pyridine rings is 1. The predicted octanol–water partition coefficient (Wildman–Crippen LogP) is 2.47. The van der Waals surface area contributed by atoms with Gasteiger partial charge in [0.2, 0.25) is 0 Å². The van der Waals surface area contributed by atoms with Gasteiger partial charge in [0.1, 0.15) is 10.2 Å². The van der Waals surface area contributed by atoms with Crippen molar-refractivity contribution in [1.82, 2.24) is 15.3 Å². The number of aromatic nitrogens is 2. The van der Waals surface area contributed by atoms with Crippen molar-refractivity contribution < 1.29 is 14.7 Å². The molecule has 6 nitrogen and oxygen atoms in total. The fraction of sp³-hybridized carbons (Fsp3) is 0.0909. The molecule has 0 aromatic carbocycles. The van der Waals surface area contributed by atoms with Gasteiger partial charge in [0.05, 0.1) is 17.1 Å². The van der Waals surface area contributed by atoms with E-state index in [0.29, 0.717) is 5.01 Å². The Morgan fingerprint density at radius 2 is 2.15 bits per heavy atom. The van der Waals surface area contributed by atoms with Gasteiger partial charge in [0.15, 0.2) is 5.69 Å². The third kappa shape index (κ3) is 3.44. The molecule has 2 rings (SSSR count). The van der Waals surface area contributed by atoms with E-state index >= 15 is 0 Å². The van der Waals surface area contributed by atoms with Crippen molar-refractivity contribution in [2.45, 2.75) is 6.54 Å². The number of thiazole rings is 1. The molecule has 2 heterocycles. The van der Waals surface area contributed by atoms with Crippen LogP contribution < -0.4 is 5.32 Å². The first-order valence-corrected chi connectivity index (χ1v) is 6.88. The Hall–Kier alpha value is -1.70.